The van der Waals surface area contributed by atoms with Gasteiger partial charge in [-0.3, -0.25) is 39.1 Å². The minimum Gasteiger partial charge on any atom is -0.324 e. The van der Waals surface area contributed by atoms with Crippen LogP contribution in [0, 0.1) is 82.9 Å². The predicted molar refractivity (Wildman–Crippen MR) is 561 cm³/mol. The number of carbonyl (C=O) groups is 4. The molecule has 20 aromatic rings. The van der Waals surface area contributed by atoms with Crippen LogP contribution in [0.15, 0.2) is 374 Å². The monoisotopic (exact) mass is 1910 g/mol. The maximum Gasteiger partial charge on any atom is 0.255 e. The fraction of sp³-hybridized carbons (Fsp3) is 0.105. The Kier molecular flexibility index (Phi) is 24.0. The van der Waals surface area contributed by atoms with Crippen LogP contribution in [0.4, 0.5) is 45.5 Å². The molecular formula is C114H102N26O4. The molecule has 12 aromatic heterocycles. The Labute approximate surface area is 852 Å². The van der Waals surface area contributed by atoms with Crippen LogP contribution in [0.5, 0.6) is 0 Å². The number of aromatic amines is 4. The molecule has 0 aliphatic carbocycles. The van der Waals surface area contributed by atoms with Crippen molar-refractivity contribution in [1.29, 1.82) is 0 Å². The second-order valence-corrected chi connectivity index (χ2v) is 33.5. The van der Waals surface area contributed by atoms with E-state index in [1.807, 2.05) is 180 Å². The molecule has 0 radical (unpaired) electrons. The lowest BCUT2D eigenvalue weighted by Crippen LogP contribution is -2.14. The van der Waals surface area contributed by atoms with Crippen molar-refractivity contribution < 1.29 is 41.1 Å². The number of pyridine rings is 4. The van der Waals surface area contributed by atoms with Crippen molar-refractivity contribution in [2.45, 2.75) is 82.9 Å². The molecular weight excluding hydrogens is 1800 g/mol. The number of hydrogen-bond donors (Lipinski definition) is 8. The highest BCUT2D eigenvalue weighted by molar-refractivity contribution is 6.07. The lowest BCUT2D eigenvalue weighted by atomic mass is 10.1. The normalized spacial score (nSPS) is 13.2. The van der Waals surface area contributed by atoms with E-state index >= 15 is 0 Å². The fourth-order valence-electron chi connectivity index (χ4n) is 14.9. The first-order valence-corrected chi connectivity index (χ1v) is 45.0. The highest BCUT2D eigenvalue weighted by Crippen LogP contribution is 2.31. The maximum atomic E-state index is 13.3. The summed E-state index contributed by atoms with van der Waals surface area (Å²) in [6, 6.07) is 58.2. The van der Waals surface area contributed by atoms with Gasteiger partial charge in [-0.2, -0.15) is 0 Å². The van der Waals surface area contributed by atoms with Crippen molar-refractivity contribution in [2.24, 2.45) is 20.0 Å². The summed E-state index contributed by atoms with van der Waals surface area (Å²) in [5.41, 5.74) is 20.2. The number of aryl methyl sites for hydroxylation is 12. The highest BCUT2D eigenvalue weighted by atomic mass is 16.2. The number of aromatic nitrogens is 18. The van der Waals surface area contributed by atoms with Gasteiger partial charge >= 0.3 is 0 Å². The molecule has 30 nitrogen and oxygen atoms in total. The van der Waals surface area contributed by atoms with E-state index in [-0.39, 0.29) is 141 Å². The van der Waals surface area contributed by atoms with Gasteiger partial charge in [-0.05, 0) is 345 Å². The number of imidazole rings is 2. The quantitative estimate of drug-likeness (QED) is 0.0352. The van der Waals surface area contributed by atoms with Crippen LogP contribution in [0.2, 0.25) is 0 Å². The standard InChI is InChI=1S/2C29H26N6O.2C28H25N7O/c2*1-19-9-12-35(18-19)25-14-20(2)13-24(16-25)32-28(36)22-7-6-21(3)27(15-22)34-29-31-11-8-26(33-29)23-5-4-10-30-17-23;2*1-18-11-23(14-24(12-18)35-16-20(3)31-17-35)32-27(36)21-7-6-19(2)26(13-21)34-28-30-10-8-25(33-28)22-5-4-9-29-15-22/h2*4-18H,1-3H3,(H,32,36)(H,31,33,34);2*4-17H,1-3H3,(H,32,36)(H,30,33,34)/i8D,11D,12D,18D;3D3,8D,11D;2D3,8D,10D;8D,10D. The molecule has 712 valence electrons. The summed E-state index contributed by atoms with van der Waals surface area (Å²) < 4.78 is 137. The minimum absolute atomic E-state index is 0.0107. The van der Waals surface area contributed by atoms with Gasteiger partial charge in [-0.1, -0.05) is 24.3 Å². The summed E-state index contributed by atoms with van der Waals surface area (Å²) in [5, 5.41) is 11.7. The number of anilines is 4. The molecule has 0 atom stereocenters. The maximum absolute atomic E-state index is 13.3. The second kappa shape index (κ2) is 44.5. The molecule has 0 saturated carbocycles. The third-order valence-electron chi connectivity index (χ3n) is 21.9. The van der Waals surface area contributed by atoms with Crippen LogP contribution in [-0.4, -0.2) is 112 Å². The Morgan fingerprint density at radius 1 is 0.312 bits per heavy atom. The first-order valence-electron chi connectivity index (χ1n) is 53.0. The van der Waals surface area contributed by atoms with Crippen molar-refractivity contribution >= 4 is 69.1 Å². The summed E-state index contributed by atoms with van der Waals surface area (Å²) in [4.78, 5) is 124. The second-order valence-electron chi connectivity index (χ2n) is 33.5. The third-order valence-corrected chi connectivity index (χ3v) is 21.9. The van der Waals surface area contributed by atoms with E-state index in [0.29, 0.717) is 90.1 Å². The van der Waals surface area contributed by atoms with Crippen LogP contribution in [0.3, 0.4) is 0 Å². The van der Waals surface area contributed by atoms with Gasteiger partial charge in [0.15, 0.2) is 0 Å². The molecule has 0 fully saturated rings. The summed E-state index contributed by atoms with van der Waals surface area (Å²) in [6.45, 7) is 14.0. The molecule has 0 aliphatic rings. The number of nitrogens with one attached hydrogen (secondary N) is 8. The Balaban J connectivity index is 0.000000143. The van der Waals surface area contributed by atoms with E-state index in [4.69, 9.17) is 21.9 Å². The summed E-state index contributed by atoms with van der Waals surface area (Å²) in [5.74, 6) is -1.55. The predicted octanol–water partition coefficient (Wildman–Crippen LogP) is 21.5. The van der Waals surface area contributed by atoms with Crippen molar-refractivity contribution in [3.63, 3.8) is 0 Å². The zero-order valence-corrected chi connectivity index (χ0v) is 79.4. The number of amides is 4. The van der Waals surface area contributed by atoms with Crippen molar-refractivity contribution in [1.82, 2.24) is 88.0 Å². The molecule has 8 aromatic carbocycles. The number of rotatable bonds is 20. The molecule has 144 heavy (non-hydrogen) atoms. The third kappa shape index (κ3) is 25.2. The van der Waals surface area contributed by atoms with E-state index in [1.54, 1.807) is 148 Å². The van der Waals surface area contributed by atoms with Gasteiger partial charge in [-0.15, -0.1) is 0 Å². The molecule has 0 aliphatic heterocycles. The van der Waals surface area contributed by atoms with Gasteiger partial charge in [0.1, 0.15) is 0 Å². The van der Waals surface area contributed by atoms with Crippen molar-refractivity contribution in [3.8, 4) is 67.8 Å². The van der Waals surface area contributed by atoms with Crippen molar-refractivity contribution in [2.75, 3.05) is 21.3 Å². The largest absolute Gasteiger partial charge is 0.324 e. The first-order chi connectivity index (χ1) is 76.3. The number of carbonyl (C=O) groups excluding carboxylic acids is 4. The van der Waals surface area contributed by atoms with E-state index in [9.17, 15) is 19.2 Å². The SMILES string of the molecule is [2H]c1nc(=Nc2cc(C(=O)Nc3cc(C)cc(-n4c([2H])cc(C)c4[2H])c3)ccc2C)[nH]c(-c2cccnc2)c1[2H].[2H]c1nc(=Nc2cc(C(=O)Nc3cc(C)cc(-n4ccc(C)c4)c3)ccc2C([2H])([2H])[2H])[nH]c(-c2cccnc2)c1[2H].[2H]c1nc(=Nc2cc(C(=O)Nc3cc(C)cc(-n4cnc(C)c4)c3)ccc2C([2H])([2H])[2H])[nH]c(-c2cccnc2)c1[2H].[2H]c1nc(=Nc2cc(C(=O)Nc3cc(C)cc(-n4cnc(C)c4)c3)ccc2C)[nH]c(-c2cccnc2)c1[2H]. The van der Waals surface area contributed by atoms with E-state index in [0.717, 1.165) is 67.4 Å². The molecule has 0 bridgehead atoms. The Hall–Kier alpha value is -19.3. The molecule has 20 rings (SSSR count). The van der Waals surface area contributed by atoms with Gasteiger partial charge in [0.25, 0.3) is 23.6 Å². The summed E-state index contributed by atoms with van der Waals surface area (Å²) >= 11 is 0. The Bertz CT molecular complexity index is 9060. The van der Waals surface area contributed by atoms with Gasteiger partial charge in [-0.25, -0.2) is 49.9 Å². The van der Waals surface area contributed by atoms with Crippen LogP contribution >= 0.6 is 0 Å². The van der Waals surface area contributed by atoms with Crippen molar-refractivity contribution in [3.05, 3.63) is 466 Å². The number of H-pyrrole nitrogens is 4. The van der Waals surface area contributed by atoms with Crippen LogP contribution in [0.1, 0.15) is 130 Å². The number of nitrogens with zero attached hydrogens (tertiary/aromatic N) is 18. The highest BCUT2D eigenvalue weighted by Gasteiger charge is 2.18. The lowest BCUT2D eigenvalue weighted by molar-refractivity contribution is 0.101. The minimum atomic E-state index is -2.53. The fourth-order valence-corrected chi connectivity index (χ4v) is 14.9. The average Bonchev–Trinajstić information content (AvgIpc) is 1.48. The van der Waals surface area contributed by atoms with Gasteiger partial charge in [0.05, 0.1) is 83.3 Å². The van der Waals surface area contributed by atoms with Gasteiger partial charge in [0.2, 0.25) is 22.5 Å². The summed E-state index contributed by atoms with van der Waals surface area (Å²) in [6.07, 6.45) is 23.1. The van der Waals surface area contributed by atoms with Crippen LogP contribution in [0.25, 0.3) is 67.8 Å². The van der Waals surface area contributed by atoms with E-state index in [2.05, 4.69) is 111 Å². The van der Waals surface area contributed by atoms with E-state index < -0.39 is 25.5 Å². The number of hydrogen-bond acceptors (Lipinski definition) is 18. The average molecular weight is 1920 g/mol. The number of benzene rings is 8. The zero-order chi connectivity index (χ0) is 114. The van der Waals surface area contributed by atoms with Gasteiger partial charge in [0, 0.05) is 210 Å². The zero-order valence-electron chi connectivity index (χ0n) is 95.4. The van der Waals surface area contributed by atoms with E-state index in [1.165, 1.54) is 53.4 Å². The Morgan fingerprint density at radius 2 is 0.618 bits per heavy atom. The molecule has 0 unspecified atom stereocenters. The molecule has 4 amide bonds. The van der Waals surface area contributed by atoms with Gasteiger partial charge < -0.3 is 59.5 Å². The van der Waals surface area contributed by atoms with Crippen LogP contribution in [-0.2, 0) is 0 Å². The smallest absolute Gasteiger partial charge is 0.255 e. The lowest BCUT2D eigenvalue weighted by Gasteiger charge is -2.11. The molecule has 8 N–H and O–H groups in total. The molecule has 12 heterocycles. The molecule has 0 spiro atoms. The first kappa shape index (κ1) is 77.7. The molecule has 0 saturated heterocycles. The Morgan fingerprint density at radius 3 is 0.889 bits per heavy atom. The topological polar surface area (TPSA) is 378 Å². The molecule has 30 heteroatoms. The summed E-state index contributed by atoms with van der Waals surface area (Å²) in [7, 11) is 0. The van der Waals surface area contributed by atoms with Crippen LogP contribution < -0.4 is 43.7 Å².